The molecule has 178 valence electrons. The second-order valence-corrected chi connectivity index (χ2v) is 9.12. The van der Waals surface area contributed by atoms with Crippen molar-refractivity contribution < 1.29 is 23.1 Å². The fourth-order valence-electron chi connectivity index (χ4n) is 3.87. The summed E-state index contributed by atoms with van der Waals surface area (Å²) in [6.07, 6.45) is 2.09. The van der Waals surface area contributed by atoms with Crippen LogP contribution < -0.4 is 10.1 Å². The molecule has 2 aliphatic heterocycles. The van der Waals surface area contributed by atoms with Crippen molar-refractivity contribution in [3.05, 3.63) is 84.1 Å². The van der Waals surface area contributed by atoms with Gasteiger partial charge in [0.05, 0.1) is 19.1 Å². The molecule has 10 heteroatoms. The lowest BCUT2D eigenvalue weighted by Gasteiger charge is -2.20. The van der Waals surface area contributed by atoms with Crippen LogP contribution in [-0.2, 0) is 9.59 Å². The Morgan fingerprint density at radius 3 is 2.66 bits per heavy atom. The first kappa shape index (κ1) is 22.9. The Morgan fingerprint density at radius 2 is 1.97 bits per heavy atom. The summed E-state index contributed by atoms with van der Waals surface area (Å²) < 4.78 is 24.0. The van der Waals surface area contributed by atoms with Gasteiger partial charge in [0.25, 0.3) is 5.91 Å². The molecule has 5 rings (SSSR count). The highest BCUT2D eigenvalue weighted by molar-refractivity contribution is 8.15. The Balaban J connectivity index is 1.32. The molecule has 2 aromatic carbocycles. The van der Waals surface area contributed by atoms with Crippen LogP contribution in [-0.4, -0.2) is 40.1 Å². The second kappa shape index (κ2) is 9.75. The minimum Gasteiger partial charge on any atom is -0.497 e. The fourth-order valence-corrected chi connectivity index (χ4v) is 4.93. The number of amides is 2. The van der Waals surface area contributed by atoms with Gasteiger partial charge in [0.15, 0.2) is 5.17 Å². The zero-order valence-corrected chi connectivity index (χ0v) is 19.5. The molecule has 0 saturated heterocycles. The maximum atomic E-state index is 13.1. The molecular weight excluding hydrogens is 471 g/mol. The zero-order valence-electron chi connectivity index (χ0n) is 18.7. The maximum Gasteiger partial charge on any atom is 0.262 e. The second-order valence-electron chi connectivity index (χ2n) is 7.95. The Hall–Kier alpha value is -3.92. The summed E-state index contributed by atoms with van der Waals surface area (Å²) in [6, 6.07) is 16.4. The third-order valence-corrected chi connectivity index (χ3v) is 6.77. The molecule has 2 atom stereocenters. The van der Waals surface area contributed by atoms with E-state index in [1.807, 2.05) is 30.3 Å². The van der Waals surface area contributed by atoms with Gasteiger partial charge in [-0.2, -0.15) is 10.1 Å². The number of carbonyl (C=O) groups is 2. The standard InChI is InChI=1S/C25H21FN4O4S/c1-33-18-10-4-15(5-11-18)19-13-20(21-3-2-12-34-21)30(29-19)25-28-24(32)22(35-25)14-23(31)27-17-8-6-16(26)7-9-17/h2-12,20,22H,13-14H2,1H3,(H,27,31)/t20-,22-/m0/s1. The number of rotatable bonds is 6. The minimum atomic E-state index is -0.678. The van der Waals surface area contributed by atoms with Crippen molar-refractivity contribution in [2.24, 2.45) is 10.1 Å². The first-order chi connectivity index (χ1) is 17.0. The third kappa shape index (κ3) is 4.97. The number of amidine groups is 1. The van der Waals surface area contributed by atoms with E-state index in [1.54, 1.807) is 24.4 Å². The van der Waals surface area contributed by atoms with E-state index in [0.29, 0.717) is 23.0 Å². The van der Waals surface area contributed by atoms with Crippen molar-refractivity contribution in [3.63, 3.8) is 0 Å². The van der Waals surface area contributed by atoms with E-state index in [-0.39, 0.29) is 18.4 Å². The third-order valence-electron chi connectivity index (χ3n) is 5.63. The number of hydrazone groups is 1. The Bertz CT molecular complexity index is 1290. The van der Waals surface area contributed by atoms with Gasteiger partial charge in [-0.3, -0.25) is 9.59 Å². The lowest BCUT2D eigenvalue weighted by molar-refractivity contribution is -0.121. The quantitative estimate of drug-likeness (QED) is 0.540. The molecule has 0 unspecified atom stereocenters. The molecule has 1 N–H and O–H groups in total. The molecule has 3 heterocycles. The number of nitrogens with one attached hydrogen (secondary N) is 1. The highest BCUT2D eigenvalue weighted by atomic mass is 32.2. The first-order valence-electron chi connectivity index (χ1n) is 10.9. The topological polar surface area (TPSA) is 96.5 Å². The normalized spacial score (nSPS) is 19.5. The first-order valence-corrected chi connectivity index (χ1v) is 11.8. The van der Waals surface area contributed by atoms with Crippen LogP contribution in [0.4, 0.5) is 10.1 Å². The summed E-state index contributed by atoms with van der Waals surface area (Å²) >= 11 is 1.20. The molecule has 2 amide bonds. The van der Waals surface area contributed by atoms with E-state index in [4.69, 9.17) is 14.3 Å². The van der Waals surface area contributed by atoms with Crippen LogP contribution in [0, 0.1) is 5.82 Å². The minimum absolute atomic E-state index is 0.0673. The van der Waals surface area contributed by atoms with E-state index in [0.717, 1.165) is 17.0 Å². The molecule has 0 spiro atoms. The lowest BCUT2D eigenvalue weighted by atomic mass is 10.0. The number of carbonyl (C=O) groups excluding carboxylic acids is 2. The summed E-state index contributed by atoms with van der Waals surface area (Å²) in [7, 11) is 1.61. The number of ether oxygens (including phenoxy) is 1. The lowest BCUT2D eigenvalue weighted by Crippen LogP contribution is -2.24. The Labute approximate surface area is 204 Å². The van der Waals surface area contributed by atoms with Crippen molar-refractivity contribution in [3.8, 4) is 5.75 Å². The molecule has 0 fully saturated rings. The van der Waals surface area contributed by atoms with Crippen LogP contribution in [0.2, 0.25) is 0 Å². The number of hydrogen-bond donors (Lipinski definition) is 1. The number of nitrogens with zero attached hydrogens (tertiary/aromatic N) is 3. The molecule has 2 aliphatic rings. The summed E-state index contributed by atoms with van der Waals surface area (Å²) in [5.74, 6) is 0.296. The van der Waals surface area contributed by atoms with Crippen molar-refractivity contribution in [2.45, 2.75) is 24.1 Å². The molecule has 8 nitrogen and oxygen atoms in total. The van der Waals surface area contributed by atoms with Gasteiger partial charge in [0, 0.05) is 18.5 Å². The average Bonchev–Trinajstić information content (AvgIpc) is 3.61. The molecule has 3 aromatic rings. The Kier molecular flexibility index (Phi) is 6.37. The van der Waals surface area contributed by atoms with Crippen LogP contribution in [0.25, 0.3) is 0 Å². The Morgan fingerprint density at radius 1 is 1.20 bits per heavy atom. The van der Waals surface area contributed by atoms with Crippen LogP contribution in [0.3, 0.4) is 0 Å². The summed E-state index contributed by atoms with van der Waals surface area (Å²) in [4.78, 5) is 29.3. The average molecular weight is 493 g/mol. The van der Waals surface area contributed by atoms with Gasteiger partial charge in [-0.05, 0) is 66.2 Å². The molecule has 0 radical (unpaired) electrons. The van der Waals surface area contributed by atoms with Crippen LogP contribution >= 0.6 is 11.8 Å². The van der Waals surface area contributed by atoms with E-state index in [1.165, 1.54) is 36.0 Å². The smallest absolute Gasteiger partial charge is 0.262 e. The van der Waals surface area contributed by atoms with E-state index in [2.05, 4.69) is 10.3 Å². The number of furan rings is 1. The highest BCUT2D eigenvalue weighted by Crippen LogP contribution is 2.38. The molecule has 0 saturated carbocycles. The summed E-state index contributed by atoms with van der Waals surface area (Å²) in [5, 5.41) is 8.88. The largest absolute Gasteiger partial charge is 0.497 e. The monoisotopic (exact) mass is 492 g/mol. The summed E-state index contributed by atoms with van der Waals surface area (Å²) in [5.41, 5.74) is 2.21. The van der Waals surface area contributed by atoms with Crippen molar-refractivity contribution >= 4 is 40.1 Å². The number of aliphatic imine (C=N–C) groups is 1. The number of thioether (sulfide) groups is 1. The molecule has 1 aromatic heterocycles. The van der Waals surface area contributed by atoms with E-state index < -0.39 is 17.0 Å². The van der Waals surface area contributed by atoms with Gasteiger partial charge in [0.1, 0.15) is 28.6 Å². The van der Waals surface area contributed by atoms with Gasteiger partial charge in [-0.25, -0.2) is 9.40 Å². The highest BCUT2D eigenvalue weighted by Gasteiger charge is 2.40. The predicted octanol–water partition coefficient (Wildman–Crippen LogP) is 4.61. The number of methoxy groups -OCH3 is 1. The van der Waals surface area contributed by atoms with Crippen LogP contribution in [0.1, 0.15) is 30.2 Å². The van der Waals surface area contributed by atoms with Gasteiger partial charge in [0.2, 0.25) is 5.91 Å². The fraction of sp³-hybridized carbons (Fsp3) is 0.200. The van der Waals surface area contributed by atoms with Crippen molar-refractivity contribution in [1.29, 1.82) is 0 Å². The number of hydrogen-bond acceptors (Lipinski definition) is 7. The van der Waals surface area contributed by atoms with Gasteiger partial charge in [-0.1, -0.05) is 11.8 Å². The van der Waals surface area contributed by atoms with Gasteiger partial charge >= 0.3 is 0 Å². The van der Waals surface area contributed by atoms with E-state index in [9.17, 15) is 14.0 Å². The van der Waals surface area contributed by atoms with E-state index >= 15 is 0 Å². The van der Waals surface area contributed by atoms with Gasteiger partial charge in [-0.15, -0.1) is 0 Å². The molecule has 0 bridgehead atoms. The summed E-state index contributed by atoms with van der Waals surface area (Å²) in [6.45, 7) is 0. The molecule has 0 aliphatic carbocycles. The van der Waals surface area contributed by atoms with Crippen LogP contribution in [0.5, 0.6) is 5.75 Å². The van der Waals surface area contributed by atoms with Crippen molar-refractivity contribution in [1.82, 2.24) is 5.01 Å². The molecule has 35 heavy (non-hydrogen) atoms. The zero-order chi connectivity index (χ0) is 24.4. The number of halogens is 1. The predicted molar refractivity (Wildman–Crippen MR) is 131 cm³/mol. The van der Waals surface area contributed by atoms with Gasteiger partial charge < -0.3 is 14.5 Å². The SMILES string of the molecule is COc1ccc(C2=NN(C3=NC(=O)[C@H](CC(=O)Nc4ccc(F)cc4)S3)[C@H](c3ccco3)C2)cc1. The number of anilines is 1. The molecular formula is C25H21FN4O4S. The number of benzene rings is 2. The van der Waals surface area contributed by atoms with Crippen LogP contribution in [0.15, 0.2) is 81.4 Å². The van der Waals surface area contributed by atoms with Crippen molar-refractivity contribution in [2.75, 3.05) is 12.4 Å². The maximum absolute atomic E-state index is 13.1.